The molecule has 0 spiro atoms. The van der Waals surface area contributed by atoms with Gasteiger partial charge in [0.2, 0.25) is 5.91 Å². The number of rotatable bonds is 3. The summed E-state index contributed by atoms with van der Waals surface area (Å²) < 4.78 is 53.2. The first-order valence-electron chi connectivity index (χ1n) is 6.89. The molecule has 5 nitrogen and oxygen atoms in total. The van der Waals surface area contributed by atoms with E-state index in [2.05, 4.69) is 0 Å². The third kappa shape index (κ3) is 2.73. The van der Waals surface area contributed by atoms with Gasteiger partial charge in [-0.3, -0.25) is 19.3 Å². The smallest absolute Gasteiger partial charge is 0.265 e. The minimum Gasteiger partial charge on any atom is -0.322 e. The minimum absolute atomic E-state index is 0.197. The minimum atomic E-state index is -1.78. The van der Waals surface area contributed by atoms with Crippen molar-refractivity contribution in [1.29, 1.82) is 0 Å². The summed E-state index contributed by atoms with van der Waals surface area (Å²) in [7, 11) is 0. The summed E-state index contributed by atoms with van der Waals surface area (Å²) >= 11 is 0. The molecule has 0 bridgehead atoms. The maximum absolute atomic E-state index is 13.7. The second-order valence-electron chi connectivity index (χ2n) is 5.13. The van der Waals surface area contributed by atoms with Gasteiger partial charge in [0.15, 0.2) is 17.5 Å². The van der Waals surface area contributed by atoms with Crippen LogP contribution in [-0.4, -0.2) is 29.2 Å². The molecule has 1 aliphatic heterocycles. The number of imide groups is 1. The van der Waals surface area contributed by atoms with E-state index in [1.807, 2.05) is 5.32 Å². The Balaban J connectivity index is 1.79. The normalized spacial score (nSPS) is 13.2. The van der Waals surface area contributed by atoms with Gasteiger partial charge in [-0.2, -0.15) is 0 Å². The van der Waals surface area contributed by atoms with E-state index in [0.717, 1.165) is 12.1 Å². The predicted molar refractivity (Wildman–Crippen MR) is 76.7 cm³/mol. The molecule has 2 aromatic carbocycles. The molecule has 0 atom stereocenters. The first-order chi connectivity index (χ1) is 11.8. The highest BCUT2D eigenvalue weighted by molar-refractivity contribution is 6.22. The number of nitrogens with one attached hydrogen (secondary N) is 1. The van der Waals surface area contributed by atoms with Crippen LogP contribution in [0.3, 0.4) is 0 Å². The highest BCUT2D eigenvalue weighted by atomic mass is 19.2. The fraction of sp³-hybridized carbons (Fsp3) is 0.0625. The third-order valence-electron chi connectivity index (χ3n) is 3.56. The Hall–Kier alpha value is -3.23. The van der Waals surface area contributed by atoms with Crippen LogP contribution in [-0.2, 0) is 4.79 Å². The molecule has 0 unspecified atom stereocenters. The van der Waals surface area contributed by atoms with Gasteiger partial charge in [-0.25, -0.2) is 17.6 Å². The van der Waals surface area contributed by atoms with Crippen LogP contribution in [0.2, 0.25) is 0 Å². The van der Waals surface area contributed by atoms with Crippen molar-refractivity contribution in [2.24, 2.45) is 0 Å². The van der Waals surface area contributed by atoms with E-state index >= 15 is 0 Å². The molecule has 3 amide bonds. The Morgan fingerprint density at radius 1 is 0.920 bits per heavy atom. The fourth-order valence-corrected chi connectivity index (χ4v) is 2.39. The van der Waals surface area contributed by atoms with Crippen LogP contribution < -0.4 is 5.32 Å². The van der Waals surface area contributed by atoms with Crippen LogP contribution in [0.25, 0.3) is 0 Å². The van der Waals surface area contributed by atoms with Crippen molar-refractivity contribution in [3.63, 3.8) is 0 Å². The number of hydrogen-bond acceptors (Lipinski definition) is 3. The van der Waals surface area contributed by atoms with Gasteiger partial charge in [0, 0.05) is 0 Å². The Morgan fingerprint density at radius 2 is 1.64 bits per heavy atom. The summed E-state index contributed by atoms with van der Waals surface area (Å²) in [5, 5.41) is 1.93. The van der Waals surface area contributed by atoms with Gasteiger partial charge < -0.3 is 5.32 Å². The van der Waals surface area contributed by atoms with E-state index in [4.69, 9.17) is 0 Å². The largest absolute Gasteiger partial charge is 0.322 e. The first-order valence-corrected chi connectivity index (χ1v) is 6.89. The quantitative estimate of drug-likeness (QED) is 0.524. The number of carbonyl (C=O) groups excluding carboxylic acids is 3. The number of fused-ring (bicyclic) bond motifs is 1. The lowest BCUT2D eigenvalue weighted by Crippen LogP contribution is -2.37. The number of amides is 3. The molecule has 1 aliphatic rings. The Kier molecular flexibility index (Phi) is 3.99. The second kappa shape index (κ2) is 6.00. The van der Waals surface area contributed by atoms with Crippen molar-refractivity contribution in [3.8, 4) is 0 Å². The Labute approximate surface area is 137 Å². The van der Waals surface area contributed by atoms with Crippen molar-refractivity contribution in [1.82, 2.24) is 4.90 Å². The molecule has 1 heterocycles. The van der Waals surface area contributed by atoms with E-state index in [9.17, 15) is 31.9 Å². The van der Waals surface area contributed by atoms with E-state index in [1.54, 1.807) is 0 Å². The molecule has 0 aromatic heterocycles. The van der Waals surface area contributed by atoms with E-state index in [1.165, 1.54) is 12.1 Å². The van der Waals surface area contributed by atoms with Crippen molar-refractivity contribution in [2.75, 3.05) is 11.9 Å². The summed E-state index contributed by atoms with van der Waals surface area (Å²) in [5.41, 5.74) is -1.32. The lowest BCUT2D eigenvalue weighted by molar-refractivity contribution is -0.116. The maximum atomic E-state index is 13.7. The van der Waals surface area contributed by atoms with Crippen molar-refractivity contribution < 1.29 is 31.9 Å². The topological polar surface area (TPSA) is 66.5 Å². The van der Waals surface area contributed by atoms with E-state index < -0.39 is 58.8 Å². The summed E-state index contributed by atoms with van der Waals surface area (Å²) in [6.45, 7) is -0.843. The average molecular weight is 352 g/mol. The zero-order valence-electron chi connectivity index (χ0n) is 12.3. The van der Waals surface area contributed by atoms with Gasteiger partial charge in [-0.15, -0.1) is 0 Å². The number of benzene rings is 2. The summed E-state index contributed by atoms with van der Waals surface area (Å²) in [6, 6.07) is 4.84. The van der Waals surface area contributed by atoms with Gasteiger partial charge >= 0.3 is 0 Å². The molecule has 0 aliphatic carbocycles. The first kappa shape index (κ1) is 16.6. The lowest BCUT2D eigenvalue weighted by atomic mass is 10.1. The Morgan fingerprint density at radius 3 is 2.32 bits per heavy atom. The highest BCUT2D eigenvalue weighted by Gasteiger charge is 2.38. The van der Waals surface area contributed by atoms with Gasteiger partial charge in [0.05, 0.1) is 16.8 Å². The standard InChI is InChI=1S/C16H8F4N2O3/c17-8-3-1-2-7-12(8)16(25)22(15(7)24)6-11(23)21-10-5-4-9(18)13(19)14(10)20/h1-5H,6H2,(H,21,23). The number of anilines is 1. The molecular formula is C16H8F4N2O3. The number of hydrogen-bond donors (Lipinski definition) is 1. The fourth-order valence-electron chi connectivity index (χ4n) is 2.39. The van der Waals surface area contributed by atoms with Crippen LogP contribution in [0.15, 0.2) is 30.3 Å². The van der Waals surface area contributed by atoms with Crippen molar-refractivity contribution in [2.45, 2.75) is 0 Å². The summed E-state index contributed by atoms with van der Waals surface area (Å²) in [4.78, 5) is 36.6. The van der Waals surface area contributed by atoms with Crippen LogP contribution in [0.5, 0.6) is 0 Å². The summed E-state index contributed by atoms with van der Waals surface area (Å²) in [5.74, 6) is -8.70. The van der Waals surface area contributed by atoms with Gasteiger partial charge in [-0.1, -0.05) is 6.07 Å². The highest BCUT2D eigenvalue weighted by Crippen LogP contribution is 2.25. The Bertz CT molecular complexity index is 930. The molecule has 25 heavy (non-hydrogen) atoms. The lowest BCUT2D eigenvalue weighted by Gasteiger charge is -2.14. The molecule has 0 fully saturated rings. The zero-order valence-corrected chi connectivity index (χ0v) is 12.3. The van der Waals surface area contributed by atoms with Gasteiger partial charge in [-0.05, 0) is 24.3 Å². The molecule has 0 saturated carbocycles. The number of halogens is 4. The van der Waals surface area contributed by atoms with Crippen molar-refractivity contribution >= 4 is 23.4 Å². The number of carbonyl (C=O) groups is 3. The van der Waals surface area contributed by atoms with E-state index in [0.29, 0.717) is 11.0 Å². The zero-order chi connectivity index (χ0) is 18.3. The monoisotopic (exact) mass is 352 g/mol. The van der Waals surface area contributed by atoms with Crippen LogP contribution >= 0.6 is 0 Å². The molecule has 1 N–H and O–H groups in total. The van der Waals surface area contributed by atoms with Crippen LogP contribution in [0, 0.1) is 23.3 Å². The van der Waals surface area contributed by atoms with Crippen LogP contribution in [0.1, 0.15) is 20.7 Å². The molecular weight excluding hydrogens is 344 g/mol. The SMILES string of the molecule is O=C(CN1C(=O)c2cccc(F)c2C1=O)Nc1ccc(F)c(F)c1F. The molecule has 3 rings (SSSR count). The van der Waals surface area contributed by atoms with Crippen molar-refractivity contribution in [3.05, 3.63) is 64.7 Å². The summed E-state index contributed by atoms with van der Waals surface area (Å²) in [6.07, 6.45) is 0. The average Bonchev–Trinajstić information content (AvgIpc) is 2.81. The molecule has 0 radical (unpaired) electrons. The number of nitrogens with zero attached hydrogens (tertiary/aromatic N) is 1. The van der Waals surface area contributed by atoms with Crippen LogP contribution in [0.4, 0.5) is 23.2 Å². The molecule has 128 valence electrons. The second-order valence-corrected chi connectivity index (χ2v) is 5.13. The van der Waals surface area contributed by atoms with Gasteiger partial charge in [0.1, 0.15) is 12.4 Å². The van der Waals surface area contributed by atoms with E-state index in [-0.39, 0.29) is 5.56 Å². The predicted octanol–water partition coefficient (Wildman–Crippen LogP) is 2.48. The molecule has 0 saturated heterocycles. The maximum Gasteiger partial charge on any atom is 0.265 e. The third-order valence-corrected chi connectivity index (χ3v) is 3.56. The van der Waals surface area contributed by atoms with Gasteiger partial charge in [0.25, 0.3) is 11.8 Å². The molecule has 9 heteroatoms. The molecule has 2 aromatic rings.